The van der Waals surface area contributed by atoms with Gasteiger partial charge in [0, 0.05) is 8.95 Å². The monoisotopic (exact) mass is 426 g/mol. The van der Waals surface area contributed by atoms with Crippen LogP contribution in [0.3, 0.4) is 0 Å². The summed E-state index contributed by atoms with van der Waals surface area (Å²) in [6.07, 6.45) is 0.383. The Morgan fingerprint density at radius 1 is 1.00 bits per heavy atom. The van der Waals surface area contributed by atoms with Gasteiger partial charge in [-0.2, -0.15) is 0 Å². The lowest BCUT2D eigenvalue weighted by Gasteiger charge is -1.98. The third-order valence-corrected chi connectivity index (χ3v) is 3.56. The average Bonchev–Trinajstić information content (AvgIpc) is 2.49. The van der Waals surface area contributed by atoms with Crippen LogP contribution in [0.25, 0.3) is 9.69 Å². The lowest BCUT2D eigenvalue weighted by Crippen LogP contribution is -1.88. The number of carbonyl (C=O) groups excluding carboxylic acids is 1. The molecule has 0 aliphatic rings. The largest absolute Gasteiger partial charge is 0.298 e. The van der Waals surface area contributed by atoms with Crippen LogP contribution in [0, 0.1) is 24.8 Å². The average molecular weight is 428 g/mol. The van der Waals surface area contributed by atoms with E-state index in [1.54, 1.807) is 6.07 Å². The minimum Gasteiger partial charge on any atom is -0.298 e. The van der Waals surface area contributed by atoms with Crippen LogP contribution in [0.5, 0.6) is 0 Å². The van der Waals surface area contributed by atoms with E-state index in [1.807, 2.05) is 0 Å². The van der Waals surface area contributed by atoms with Gasteiger partial charge in [-0.3, -0.25) is 4.79 Å². The molecule has 0 N–H and O–H groups in total. The predicted octanol–water partition coefficient (Wildman–Crippen LogP) is 6.09. The molecule has 2 rings (SSSR count). The second-order valence-corrected chi connectivity index (χ2v) is 5.50. The second-order valence-electron chi connectivity index (χ2n) is 3.73. The molecule has 0 fully saturated rings. The van der Waals surface area contributed by atoms with Gasteiger partial charge in [-0.1, -0.05) is 56.1 Å². The van der Waals surface area contributed by atoms with Crippen LogP contribution in [0.15, 0.2) is 39.3 Å². The van der Waals surface area contributed by atoms with Crippen LogP contribution >= 0.6 is 31.9 Å². The first kappa shape index (κ1) is 18.0. The number of nitrogens with zero attached hydrogens (tertiary/aromatic N) is 2. The lowest BCUT2D eigenvalue weighted by molar-refractivity contribution is 0.111. The van der Waals surface area contributed by atoms with Gasteiger partial charge in [0.2, 0.25) is 11.4 Å². The number of benzene rings is 2. The summed E-state index contributed by atoms with van der Waals surface area (Å²) in [5, 5.41) is 0. The Kier molecular flexibility index (Phi) is 6.84. The molecular formula is C15H6Br2F2N2O. The fourth-order valence-corrected chi connectivity index (χ4v) is 2.06. The number of carbonyl (C=O) groups is 1. The smallest absolute Gasteiger partial charge is 0.222 e. The zero-order valence-corrected chi connectivity index (χ0v) is 14.0. The van der Waals surface area contributed by atoms with E-state index in [0.29, 0.717) is 15.2 Å². The highest BCUT2D eigenvalue weighted by Gasteiger charge is 2.10. The maximum absolute atomic E-state index is 13.1. The minimum atomic E-state index is -0.769. The van der Waals surface area contributed by atoms with Gasteiger partial charge in [0.15, 0.2) is 6.29 Å². The molecule has 22 heavy (non-hydrogen) atoms. The van der Waals surface area contributed by atoms with E-state index in [0.717, 1.165) is 0 Å². The Morgan fingerprint density at radius 3 is 2.09 bits per heavy atom. The van der Waals surface area contributed by atoms with Crippen LogP contribution in [-0.2, 0) is 0 Å². The quantitative estimate of drug-likeness (QED) is 0.399. The van der Waals surface area contributed by atoms with Gasteiger partial charge in [-0.05, 0) is 6.07 Å². The highest BCUT2D eigenvalue weighted by atomic mass is 79.9. The summed E-state index contributed by atoms with van der Waals surface area (Å²) in [7, 11) is 0. The molecule has 0 bridgehead atoms. The normalized spacial score (nSPS) is 9.00. The van der Waals surface area contributed by atoms with Crippen molar-refractivity contribution < 1.29 is 13.6 Å². The van der Waals surface area contributed by atoms with E-state index < -0.39 is 11.6 Å². The van der Waals surface area contributed by atoms with E-state index in [4.69, 9.17) is 13.1 Å². The van der Waals surface area contributed by atoms with Gasteiger partial charge in [-0.25, -0.2) is 18.5 Å². The van der Waals surface area contributed by atoms with Crippen molar-refractivity contribution in [3.8, 4) is 0 Å². The van der Waals surface area contributed by atoms with Crippen LogP contribution in [0.1, 0.15) is 10.4 Å². The van der Waals surface area contributed by atoms with E-state index in [-0.39, 0.29) is 16.9 Å². The van der Waals surface area contributed by atoms with Crippen LogP contribution < -0.4 is 0 Å². The Balaban J connectivity index is 0.000000224. The molecule has 7 heteroatoms. The maximum atomic E-state index is 13.1. The molecule has 2 aromatic carbocycles. The van der Waals surface area contributed by atoms with Crippen LogP contribution in [0.4, 0.5) is 20.2 Å². The van der Waals surface area contributed by atoms with Crippen LogP contribution in [-0.4, -0.2) is 6.29 Å². The van der Waals surface area contributed by atoms with Crippen molar-refractivity contribution in [3.63, 3.8) is 0 Å². The number of hydrogen-bond donors (Lipinski definition) is 0. The molecule has 0 radical (unpaired) electrons. The first-order valence-corrected chi connectivity index (χ1v) is 7.16. The van der Waals surface area contributed by atoms with Gasteiger partial charge in [0.1, 0.15) is 11.6 Å². The topological polar surface area (TPSA) is 25.8 Å². The fraction of sp³-hybridized carbons (Fsp3) is 0. The summed E-state index contributed by atoms with van der Waals surface area (Å²) >= 11 is 6.08. The van der Waals surface area contributed by atoms with Crippen molar-refractivity contribution in [2.24, 2.45) is 0 Å². The highest BCUT2D eigenvalue weighted by Crippen LogP contribution is 2.26. The molecular weight excluding hydrogens is 422 g/mol. The Labute approximate surface area is 142 Å². The molecule has 0 saturated carbocycles. The van der Waals surface area contributed by atoms with Crippen molar-refractivity contribution in [1.82, 2.24) is 0 Å². The van der Waals surface area contributed by atoms with Crippen molar-refractivity contribution >= 4 is 49.5 Å². The molecule has 0 aromatic heterocycles. The fourth-order valence-electron chi connectivity index (χ4n) is 1.32. The minimum absolute atomic E-state index is 0.0585. The van der Waals surface area contributed by atoms with Gasteiger partial charge < -0.3 is 0 Å². The van der Waals surface area contributed by atoms with Gasteiger partial charge in [0.25, 0.3) is 0 Å². The molecule has 3 nitrogen and oxygen atoms in total. The summed E-state index contributed by atoms with van der Waals surface area (Å²) in [5.74, 6) is -1.25. The van der Waals surface area contributed by atoms with E-state index >= 15 is 0 Å². The first-order valence-electron chi connectivity index (χ1n) is 5.57. The summed E-state index contributed by atoms with van der Waals surface area (Å²) in [5.41, 5.74) is -0.188. The molecule has 0 heterocycles. The third kappa shape index (κ3) is 4.45. The lowest BCUT2D eigenvalue weighted by atomic mass is 10.2. The highest BCUT2D eigenvalue weighted by molar-refractivity contribution is 9.10. The SMILES string of the molecule is [C-]#[N+]c1ccc(Br)c(C=O)c1F.[C-]#[N+]c1ccc(Br)cc1F. The molecule has 110 valence electrons. The summed E-state index contributed by atoms with van der Waals surface area (Å²) in [4.78, 5) is 16.2. The number of rotatable bonds is 1. The molecule has 0 unspecified atom stereocenters. The zero-order valence-electron chi connectivity index (χ0n) is 10.8. The van der Waals surface area contributed by atoms with Crippen molar-refractivity contribution in [3.05, 3.63) is 79.3 Å². The molecule has 0 aliphatic carbocycles. The predicted molar refractivity (Wildman–Crippen MR) is 86.1 cm³/mol. The van der Waals surface area contributed by atoms with E-state index in [9.17, 15) is 13.6 Å². The Bertz CT molecular complexity index is 795. The third-order valence-electron chi connectivity index (χ3n) is 2.37. The number of halogens is 4. The van der Waals surface area contributed by atoms with E-state index in [2.05, 4.69) is 41.5 Å². The molecule has 0 atom stereocenters. The van der Waals surface area contributed by atoms with Crippen molar-refractivity contribution in [2.45, 2.75) is 0 Å². The standard InChI is InChI=1S/C8H3BrFNO.C7H3BrFN/c1-11-7-3-2-6(9)5(4-12)8(7)10;1-10-7-3-2-5(8)4-6(7)9/h2-4H;2-4H. The zero-order chi connectivity index (χ0) is 16.7. The molecule has 0 aliphatic heterocycles. The molecule has 0 spiro atoms. The Morgan fingerprint density at radius 2 is 1.59 bits per heavy atom. The number of hydrogen-bond acceptors (Lipinski definition) is 1. The summed E-state index contributed by atoms with van der Waals surface area (Å²) < 4.78 is 26.7. The first-order chi connectivity index (χ1) is 10.4. The molecule has 2 aromatic rings. The van der Waals surface area contributed by atoms with Crippen molar-refractivity contribution in [2.75, 3.05) is 0 Å². The van der Waals surface area contributed by atoms with E-state index in [1.165, 1.54) is 24.3 Å². The van der Waals surface area contributed by atoms with Crippen LogP contribution in [0.2, 0.25) is 0 Å². The Hall–Kier alpha value is -2.09. The maximum Gasteiger partial charge on any atom is 0.222 e. The molecule has 0 saturated heterocycles. The second kappa shape index (κ2) is 8.38. The van der Waals surface area contributed by atoms with Gasteiger partial charge >= 0.3 is 0 Å². The van der Waals surface area contributed by atoms with Gasteiger partial charge in [0.05, 0.1) is 18.7 Å². The van der Waals surface area contributed by atoms with Gasteiger partial charge in [-0.15, -0.1) is 0 Å². The summed E-state index contributed by atoms with van der Waals surface area (Å²) in [6, 6.07) is 7.13. The summed E-state index contributed by atoms with van der Waals surface area (Å²) in [6.45, 7) is 13.1. The molecule has 0 amide bonds. The number of aldehydes is 1. The van der Waals surface area contributed by atoms with Crippen molar-refractivity contribution in [1.29, 1.82) is 0 Å².